The maximum Gasteiger partial charge on any atom is 0.181 e. The van der Waals surface area contributed by atoms with E-state index in [2.05, 4.69) is 15.2 Å². The van der Waals surface area contributed by atoms with E-state index in [0.29, 0.717) is 16.7 Å². The molecule has 3 rings (SSSR count). The Balaban J connectivity index is 1.84. The topological polar surface area (TPSA) is 76.8 Å². The fourth-order valence-electron chi connectivity index (χ4n) is 2.11. The molecule has 0 amide bonds. The van der Waals surface area contributed by atoms with Crippen molar-refractivity contribution in [2.45, 2.75) is 6.04 Å². The molecule has 5 nitrogen and oxygen atoms in total. The van der Waals surface area contributed by atoms with Crippen molar-refractivity contribution in [2.75, 3.05) is 7.11 Å². The van der Waals surface area contributed by atoms with Gasteiger partial charge in [-0.3, -0.25) is 5.10 Å². The molecule has 0 bridgehead atoms. The average Bonchev–Trinajstić information content (AvgIpc) is 3.05. The number of ether oxygens (including phenoxy) is 1. The maximum absolute atomic E-state index is 6.23. The second kappa shape index (κ2) is 6.17. The number of hydrogen-bond donors (Lipinski definition) is 2. The van der Waals surface area contributed by atoms with Crippen LogP contribution in [-0.4, -0.2) is 22.3 Å². The third-order valence-electron chi connectivity index (χ3n) is 3.37. The van der Waals surface area contributed by atoms with Crippen molar-refractivity contribution < 1.29 is 4.74 Å². The SMILES string of the molecule is COc1ccc([C@@H](N)c2nc(-c3ccc(Cl)cc3)n[nH]2)cc1. The number of benzene rings is 2. The summed E-state index contributed by atoms with van der Waals surface area (Å²) in [6.07, 6.45) is 0. The van der Waals surface area contributed by atoms with Crippen LogP contribution in [0.1, 0.15) is 17.4 Å². The van der Waals surface area contributed by atoms with Gasteiger partial charge in [-0.15, -0.1) is 0 Å². The molecule has 3 aromatic rings. The number of nitrogens with two attached hydrogens (primary N) is 1. The molecule has 0 aliphatic carbocycles. The van der Waals surface area contributed by atoms with E-state index in [-0.39, 0.29) is 6.04 Å². The number of aromatic nitrogens is 3. The van der Waals surface area contributed by atoms with Gasteiger partial charge in [-0.2, -0.15) is 5.10 Å². The number of halogens is 1. The molecule has 3 N–H and O–H groups in total. The predicted molar refractivity (Wildman–Crippen MR) is 85.9 cm³/mol. The fourth-order valence-corrected chi connectivity index (χ4v) is 2.24. The molecule has 0 radical (unpaired) electrons. The lowest BCUT2D eigenvalue weighted by Crippen LogP contribution is -2.13. The highest BCUT2D eigenvalue weighted by atomic mass is 35.5. The quantitative estimate of drug-likeness (QED) is 0.775. The Morgan fingerprint density at radius 1 is 1.09 bits per heavy atom. The summed E-state index contributed by atoms with van der Waals surface area (Å²) in [4.78, 5) is 4.46. The van der Waals surface area contributed by atoms with Gasteiger partial charge in [0.15, 0.2) is 5.82 Å². The zero-order chi connectivity index (χ0) is 15.5. The minimum Gasteiger partial charge on any atom is -0.497 e. The summed E-state index contributed by atoms with van der Waals surface area (Å²) in [5.74, 6) is 1.99. The Hall–Kier alpha value is -2.37. The molecule has 1 atom stereocenters. The summed E-state index contributed by atoms with van der Waals surface area (Å²) >= 11 is 5.88. The van der Waals surface area contributed by atoms with Gasteiger partial charge in [-0.25, -0.2) is 4.98 Å². The maximum atomic E-state index is 6.23. The number of aromatic amines is 1. The fraction of sp³-hybridized carbons (Fsp3) is 0.125. The van der Waals surface area contributed by atoms with Crippen molar-refractivity contribution in [3.05, 3.63) is 64.9 Å². The van der Waals surface area contributed by atoms with Crippen LogP contribution in [0.4, 0.5) is 0 Å². The van der Waals surface area contributed by atoms with Crippen molar-refractivity contribution in [2.24, 2.45) is 5.73 Å². The highest BCUT2D eigenvalue weighted by Crippen LogP contribution is 2.22. The summed E-state index contributed by atoms with van der Waals surface area (Å²) in [5.41, 5.74) is 8.04. The Morgan fingerprint density at radius 2 is 1.77 bits per heavy atom. The van der Waals surface area contributed by atoms with E-state index in [4.69, 9.17) is 22.1 Å². The van der Waals surface area contributed by atoms with Crippen molar-refractivity contribution in [1.82, 2.24) is 15.2 Å². The molecule has 0 spiro atoms. The first-order valence-electron chi connectivity index (χ1n) is 6.75. The van der Waals surface area contributed by atoms with E-state index >= 15 is 0 Å². The van der Waals surface area contributed by atoms with Gasteiger partial charge in [0.1, 0.15) is 11.6 Å². The molecule has 112 valence electrons. The van der Waals surface area contributed by atoms with Crippen LogP contribution in [0.2, 0.25) is 5.02 Å². The van der Waals surface area contributed by atoms with Crippen LogP contribution in [-0.2, 0) is 0 Å². The number of H-pyrrole nitrogens is 1. The van der Waals surface area contributed by atoms with Gasteiger partial charge in [0.05, 0.1) is 13.2 Å². The molecule has 0 saturated heterocycles. The first-order valence-corrected chi connectivity index (χ1v) is 7.13. The minimum atomic E-state index is -0.376. The van der Waals surface area contributed by atoms with E-state index in [1.54, 1.807) is 19.2 Å². The lowest BCUT2D eigenvalue weighted by atomic mass is 10.1. The van der Waals surface area contributed by atoms with Crippen LogP contribution in [0.15, 0.2) is 48.5 Å². The van der Waals surface area contributed by atoms with E-state index in [9.17, 15) is 0 Å². The number of nitrogens with one attached hydrogen (secondary N) is 1. The second-order valence-electron chi connectivity index (χ2n) is 4.80. The summed E-state index contributed by atoms with van der Waals surface area (Å²) in [6, 6.07) is 14.5. The van der Waals surface area contributed by atoms with Gasteiger partial charge >= 0.3 is 0 Å². The van der Waals surface area contributed by atoms with E-state index < -0.39 is 0 Å². The van der Waals surface area contributed by atoms with Crippen molar-refractivity contribution >= 4 is 11.6 Å². The molecular formula is C16H15ClN4O. The molecule has 6 heteroatoms. The Kier molecular flexibility index (Phi) is 4.09. The molecule has 0 unspecified atom stereocenters. The van der Waals surface area contributed by atoms with Gasteiger partial charge in [0.2, 0.25) is 0 Å². The molecule has 0 aliphatic rings. The number of hydrogen-bond acceptors (Lipinski definition) is 4. The van der Waals surface area contributed by atoms with Crippen LogP contribution >= 0.6 is 11.6 Å². The first kappa shape index (κ1) is 14.6. The van der Waals surface area contributed by atoms with Gasteiger partial charge in [-0.1, -0.05) is 23.7 Å². The molecular weight excluding hydrogens is 300 g/mol. The lowest BCUT2D eigenvalue weighted by molar-refractivity contribution is 0.414. The Bertz CT molecular complexity index is 753. The highest BCUT2D eigenvalue weighted by molar-refractivity contribution is 6.30. The van der Waals surface area contributed by atoms with Crippen molar-refractivity contribution in [1.29, 1.82) is 0 Å². The number of methoxy groups -OCH3 is 1. The zero-order valence-electron chi connectivity index (χ0n) is 12.0. The normalized spacial score (nSPS) is 12.1. The summed E-state index contributed by atoms with van der Waals surface area (Å²) < 4.78 is 5.14. The van der Waals surface area contributed by atoms with Gasteiger partial charge in [0, 0.05) is 10.6 Å². The summed E-state index contributed by atoms with van der Waals surface area (Å²) in [6.45, 7) is 0. The molecule has 22 heavy (non-hydrogen) atoms. The van der Waals surface area contributed by atoms with Gasteiger partial charge in [0.25, 0.3) is 0 Å². The average molecular weight is 315 g/mol. The Labute approximate surface area is 133 Å². The second-order valence-corrected chi connectivity index (χ2v) is 5.24. The van der Waals surface area contributed by atoms with Gasteiger partial charge < -0.3 is 10.5 Å². The van der Waals surface area contributed by atoms with Crippen LogP contribution < -0.4 is 10.5 Å². The monoisotopic (exact) mass is 314 g/mol. The standard InChI is InChI=1S/C16H15ClN4O/c1-22-13-8-4-10(5-9-13)14(18)16-19-15(20-21-16)11-2-6-12(17)7-3-11/h2-9,14H,18H2,1H3,(H,19,20,21)/t14-/m1/s1. The molecule has 2 aromatic carbocycles. The Morgan fingerprint density at radius 3 is 2.41 bits per heavy atom. The van der Waals surface area contributed by atoms with E-state index in [0.717, 1.165) is 16.9 Å². The third kappa shape index (κ3) is 2.95. The summed E-state index contributed by atoms with van der Waals surface area (Å²) in [7, 11) is 1.63. The molecule has 1 heterocycles. The predicted octanol–water partition coefficient (Wildman–Crippen LogP) is 3.18. The first-order chi connectivity index (χ1) is 10.7. The zero-order valence-corrected chi connectivity index (χ0v) is 12.7. The van der Waals surface area contributed by atoms with E-state index in [1.807, 2.05) is 36.4 Å². The molecule has 0 fully saturated rings. The smallest absolute Gasteiger partial charge is 0.181 e. The highest BCUT2D eigenvalue weighted by Gasteiger charge is 2.14. The third-order valence-corrected chi connectivity index (χ3v) is 3.63. The molecule has 0 saturated carbocycles. The van der Waals surface area contributed by atoms with Gasteiger partial charge in [-0.05, 0) is 42.0 Å². The minimum absolute atomic E-state index is 0.376. The van der Waals surface area contributed by atoms with Crippen LogP contribution in [0.3, 0.4) is 0 Å². The van der Waals surface area contributed by atoms with Crippen LogP contribution in [0.25, 0.3) is 11.4 Å². The van der Waals surface area contributed by atoms with Crippen LogP contribution in [0.5, 0.6) is 5.75 Å². The van der Waals surface area contributed by atoms with Crippen molar-refractivity contribution in [3.63, 3.8) is 0 Å². The summed E-state index contributed by atoms with van der Waals surface area (Å²) in [5, 5.41) is 7.78. The largest absolute Gasteiger partial charge is 0.497 e. The van der Waals surface area contributed by atoms with E-state index in [1.165, 1.54) is 0 Å². The number of rotatable bonds is 4. The lowest BCUT2D eigenvalue weighted by Gasteiger charge is -2.09. The van der Waals surface area contributed by atoms with Crippen LogP contribution in [0, 0.1) is 0 Å². The molecule has 1 aromatic heterocycles. The van der Waals surface area contributed by atoms with Crippen molar-refractivity contribution in [3.8, 4) is 17.1 Å². The number of nitrogens with zero attached hydrogens (tertiary/aromatic N) is 2. The molecule has 0 aliphatic heterocycles.